The maximum atomic E-state index is 13.3. The Morgan fingerprint density at radius 3 is 2.10 bits per heavy atom. The van der Waals surface area contributed by atoms with E-state index in [-0.39, 0.29) is 32.0 Å². The minimum atomic E-state index is -1.25. The Labute approximate surface area is 230 Å². The van der Waals surface area contributed by atoms with Crippen LogP contribution in [-0.2, 0) is 33.6 Å². The molecule has 3 aliphatic heterocycles. The Balaban J connectivity index is 1.53. The number of hydrogen-bond acceptors (Lipinski definition) is 9. The van der Waals surface area contributed by atoms with Gasteiger partial charge < -0.3 is 46.6 Å². The number of carboxylic acid groups (broad SMARTS) is 1. The van der Waals surface area contributed by atoms with Crippen LogP contribution in [0.4, 0.5) is 0 Å². The number of rotatable bonds is 10. The number of nitrogens with two attached hydrogens (primary N) is 1. The third-order valence-electron chi connectivity index (χ3n) is 7.35. The number of hydrogen-bond donors (Lipinski definition) is 6. The van der Waals surface area contributed by atoms with Crippen molar-refractivity contribution in [2.24, 2.45) is 5.73 Å². The summed E-state index contributed by atoms with van der Waals surface area (Å²) in [5, 5.41) is 26.1. The van der Waals surface area contributed by atoms with Gasteiger partial charge in [-0.25, -0.2) is 0 Å². The Kier molecular flexibility index (Phi) is 10.4. The molecule has 3 saturated heterocycles. The van der Waals surface area contributed by atoms with Crippen LogP contribution in [0.3, 0.4) is 0 Å². The number of aliphatic hydroxyl groups is 1. The second kappa shape index (κ2) is 13.5. The fraction of sp³-hybridized carbons (Fsp3) is 0.708. The lowest BCUT2D eigenvalue weighted by Crippen LogP contribution is -2.55. The zero-order valence-electron chi connectivity index (χ0n) is 22.3. The van der Waals surface area contributed by atoms with Gasteiger partial charge in [-0.3, -0.25) is 33.6 Å². The van der Waals surface area contributed by atoms with E-state index in [2.05, 4.69) is 16.0 Å². The Bertz CT molecular complexity index is 1040. The van der Waals surface area contributed by atoms with Gasteiger partial charge in [-0.15, -0.1) is 0 Å². The maximum absolute atomic E-state index is 13.3. The van der Waals surface area contributed by atoms with E-state index in [0.29, 0.717) is 32.2 Å². The third-order valence-corrected chi connectivity index (χ3v) is 7.35. The number of carbonyl (C=O) groups excluding carboxylic acids is 6. The molecule has 3 rings (SSSR count). The summed E-state index contributed by atoms with van der Waals surface area (Å²) >= 11 is 0. The number of amides is 6. The lowest BCUT2D eigenvalue weighted by Gasteiger charge is -2.31. The van der Waals surface area contributed by atoms with Crippen LogP contribution < -0.4 is 21.7 Å². The molecule has 40 heavy (non-hydrogen) atoms. The summed E-state index contributed by atoms with van der Waals surface area (Å²) in [6, 6.07) is -3.69. The van der Waals surface area contributed by atoms with Crippen LogP contribution in [0.5, 0.6) is 0 Å². The quantitative estimate of drug-likeness (QED) is 0.149. The normalized spacial score (nSPS) is 24.9. The van der Waals surface area contributed by atoms with Gasteiger partial charge in [0.15, 0.2) is 0 Å². The van der Waals surface area contributed by atoms with E-state index >= 15 is 0 Å². The molecule has 7 N–H and O–H groups in total. The van der Waals surface area contributed by atoms with E-state index in [0.717, 1.165) is 4.90 Å². The SMILES string of the molecule is C[C@H](NC(=O)[C@@H]1CCCN1C(=O)CN)C(=O)NCC(=O)N1CCC[C@H]1C(=O)N1C[C@H](O)C[C@H]1C(=O)NCC(=O)O. The lowest BCUT2D eigenvalue weighted by atomic mass is 10.1. The van der Waals surface area contributed by atoms with Crippen molar-refractivity contribution < 1.29 is 43.8 Å². The van der Waals surface area contributed by atoms with Gasteiger partial charge in [0.25, 0.3) is 0 Å². The molecule has 3 fully saturated rings. The van der Waals surface area contributed by atoms with Gasteiger partial charge in [-0.1, -0.05) is 0 Å². The molecule has 0 aromatic rings. The number of nitrogens with one attached hydrogen (secondary N) is 3. The molecule has 0 radical (unpaired) electrons. The third kappa shape index (κ3) is 7.24. The molecule has 0 aromatic carbocycles. The van der Waals surface area contributed by atoms with Crippen molar-refractivity contribution in [2.45, 2.75) is 69.3 Å². The second-order valence-electron chi connectivity index (χ2n) is 10.1. The van der Waals surface area contributed by atoms with Crippen LogP contribution in [-0.4, -0.2) is 136 Å². The maximum Gasteiger partial charge on any atom is 0.322 e. The highest BCUT2D eigenvalue weighted by Crippen LogP contribution is 2.25. The molecule has 16 nitrogen and oxygen atoms in total. The molecule has 3 heterocycles. The van der Waals surface area contributed by atoms with Crippen molar-refractivity contribution in [3.8, 4) is 0 Å². The molecule has 0 aromatic heterocycles. The first kappa shape index (κ1) is 30.7. The second-order valence-corrected chi connectivity index (χ2v) is 10.1. The summed E-state index contributed by atoms with van der Waals surface area (Å²) in [5.41, 5.74) is 5.40. The highest BCUT2D eigenvalue weighted by molar-refractivity contribution is 5.96. The predicted molar refractivity (Wildman–Crippen MR) is 136 cm³/mol. The number of nitrogens with zero attached hydrogens (tertiary/aromatic N) is 3. The number of carbonyl (C=O) groups is 7. The number of β-amino-alcohol motifs (C(OH)–C–C–N with tert-alkyl or cyclic N) is 1. The Morgan fingerprint density at radius 1 is 0.850 bits per heavy atom. The predicted octanol–water partition coefficient (Wildman–Crippen LogP) is -4.29. The molecule has 16 heteroatoms. The summed E-state index contributed by atoms with van der Waals surface area (Å²) in [5.74, 6) is -4.52. The van der Waals surface area contributed by atoms with Crippen LogP contribution in [0.1, 0.15) is 39.0 Å². The lowest BCUT2D eigenvalue weighted by molar-refractivity contribution is -0.147. The van der Waals surface area contributed by atoms with Gasteiger partial charge in [-0.05, 0) is 32.6 Å². The van der Waals surface area contributed by atoms with Gasteiger partial charge in [0.1, 0.15) is 30.7 Å². The molecule has 0 spiro atoms. The first-order chi connectivity index (χ1) is 18.9. The van der Waals surface area contributed by atoms with E-state index in [1.807, 2.05) is 0 Å². The summed E-state index contributed by atoms with van der Waals surface area (Å²) < 4.78 is 0. The zero-order valence-corrected chi connectivity index (χ0v) is 22.3. The van der Waals surface area contributed by atoms with Crippen molar-refractivity contribution in [3.63, 3.8) is 0 Å². The molecular formula is C24H37N7O9. The van der Waals surface area contributed by atoms with Crippen molar-refractivity contribution in [2.75, 3.05) is 39.3 Å². The summed E-state index contributed by atoms with van der Waals surface area (Å²) in [4.78, 5) is 90.5. The fourth-order valence-electron chi connectivity index (χ4n) is 5.35. The Morgan fingerprint density at radius 2 is 1.48 bits per heavy atom. The smallest absolute Gasteiger partial charge is 0.322 e. The van der Waals surface area contributed by atoms with E-state index in [1.54, 1.807) is 0 Å². The van der Waals surface area contributed by atoms with Crippen molar-refractivity contribution in [1.82, 2.24) is 30.7 Å². The van der Waals surface area contributed by atoms with Crippen LogP contribution >= 0.6 is 0 Å². The summed E-state index contributed by atoms with van der Waals surface area (Å²) in [7, 11) is 0. The zero-order chi connectivity index (χ0) is 29.6. The van der Waals surface area contributed by atoms with Crippen LogP contribution in [0.15, 0.2) is 0 Å². The molecule has 0 bridgehead atoms. The number of carboxylic acids is 1. The van der Waals surface area contributed by atoms with Crippen molar-refractivity contribution >= 4 is 41.4 Å². The molecule has 3 aliphatic rings. The first-order valence-electron chi connectivity index (χ1n) is 13.3. The van der Waals surface area contributed by atoms with E-state index in [4.69, 9.17) is 10.8 Å². The van der Waals surface area contributed by atoms with Gasteiger partial charge >= 0.3 is 5.97 Å². The van der Waals surface area contributed by atoms with Crippen molar-refractivity contribution in [3.05, 3.63) is 0 Å². The molecule has 0 aliphatic carbocycles. The van der Waals surface area contributed by atoms with Crippen LogP contribution in [0.2, 0.25) is 0 Å². The van der Waals surface area contributed by atoms with Gasteiger partial charge in [0.05, 0.1) is 19.2 Å². The summed E-state index contributed by atoms with van der Waals surface area (Å²) in [6.45, 7) is 0.669. The Hall–Kier alpha value is -3.79. The monoisotopic (exact) mass is 567 g/mol. The van der Waals surface area contributed by atoms with E-state index in [1.165, 1.54) is 16.7 Å². The standard InChI is InChI=1S/C24H37N7O9/c1-13(28-23(39)15-4-2-6-29(15)18(33)9-25)21(37)26-10-19(34)30-7-3-5-16(30)24(40)31-12-14(32)8-17(31)22(38)27-11-20(35)36/h13-17,32H,2-12,25H2,1H3,(H,26,37)(H,27,38)(H,28,39)(H,35,36)/t13-,14+,15-,16-,17-/m0/s1. The fourth-order valence-corrected chi connectivity index (χ4v) is 5.35. The van der Waals surface area contributed by atoms with Crippen LogP contribution in [0.25, 0.3) is 0 Å². The number of likely N-dealkylation sites (tertiary alicyclic amines) is 3. The van der Waals surface area contributed by atoms with Gasteiger partial charge in [-0.2, -0.15) is 0 Å². The molecule has 6 amide bonds. The highest BCUT2D eigenvalue weighted by Gasteiger charge is 2.44. The minimum Gasteiger partial charge on any atom is -0.480 e. The topological polar surface area (TPSA) is 232 Å². The molecule has 0 saturated carbocycles. The molecule has 5 atom stereocenters. The van der Waals surface area contributed by atoms with Crippen LogP contribution in [0, 0.1) is 0 Å². The van der Waals surface area contributed by atoms with E-state index < -0.39 is 78.9 Å². The van der Waals surface area contributed by atoms with E-state index in [9.17, 15) is 38.7 Å². The largest absolute Gasteiger partial charge is 0.480 e. The average Bonchev–Trinajstić information content (AvgIpc) is 3.68. The highest BCUT2D eigenvalue weighted by atomic mass is 16.4. The van der Waals surface area contributed by atoms with Gasteiger partial charge in [0, 0.05) is 26.1 Å². The minimum absolute atomic E-state index is 0.0590. The first-order valence-corrected chi connectivity index (χ1v) is 13.3. The number of aliphatic carboxylic acids is 1. The summed E-state index contributed by atoms with van der Waals surface area (Å²) in [6.07, 6.45) is 0.880. The number of aliphatic hydroxyl groups excluding tert-OH is 1. The molecule has 222 valence electrons. The average molecular weight is 568 g/mol. The van der Waals surface area contributed by atoms with Gasteiger partial charge in [0.2, 0.25) is 35.4 Å². The molecular weight excluding hydrogens is 530 g/mol. The van der Waals surface area contributed by atoms with Crippen molar-refractivity contribution in [1.29, 1.82) is 0 Å². The molecule has 0 unspecified atom stereocenters.